The van der Waals surface area contributed by atoms with Crippen molar-refractivity contribution in [1.82, 2.24) is 4.98 Å². The number of pyridine rings is 1. The van der Waals surface area contributed by atoms with Gasteiger partial charge in [-0.3, -0.25) is 9.78 Å². The van der Waals surface area contributed by atoms with Gasteiger partial charge in [-0.05, 0) is 38.0 Å². The fraction of sp³-hybridized carbons (Fsp3) is 0.231. The Bertz CT molecular complexity index is 588. The van der Waals surface area contributed by atoms with Crippen molar-refractivity contribution in [3.63, 3.8) is 0 Å². The van der Waals surface area contributed by atoms with Crippen molar-refractivity contribution in [2.45, 2.75) is 20.8 Å². The largest absolute Gasteiger partial charge is 0.366 e. The van der Waals surface area contributed by atoms with Crippen LogP contribution in [0.2, 0.25) is 0 Å². The molecule has 0 fully saturated rings. The maximum atomic E-state index is 11.4. The molecular weight excluding hydrogens is 200 g/mol. The number of fused-ring (bicyclic) bond motifs is 1. The number of nitrogens with two attached hydrogens (primary N) is 1. The maximum Gasteiger partial charge on any atom is 0.249 e. The van der Waals surface area contributed by atoms with Crippen molar-refractivity contribution in [1.29, 1.82) is 0 Å². The van der Waals surface area contributed by atoms with Gasteiger partial charge in [0, 0.05) is 11.1 Å². The highest BCUT2D eigenvalue weighted by Crippen LogP contribution is 2.23. The van der Waals surface area contributed by atoms with Crippen LogP contribution in [-0.2, 0) is 0 Å². The standard InChI is InChI=1S/C13H14N2O/c1-7-4-5-10-11(13(14)16)6-8(2)15-12(10)9(7)3/h4-6H,1-3H3,(H2,14,16). The van der Waals surface area contributed by atoms with E-state index in [0.717, 1.165) is 22.2 Å². The first-order valence-electron chi connectivity index (χ1n) is 5.18. The molecule has 16 heavy (non-hydrogen) atoms. The third-order valence-electron chi connectivity index (χ3n) is 2.90. The van der Waals surface area contributed by atoms with Crippen molar-refractivity contribution >= 4 is 16.8 Å². The summed E-state index contributed by atoms with van der Waals surface area (Å²) >= 11 is 0. The normalized spacial score (nSPS) is 10.7. The molecular formula is C13H14N2O. The zero-order valence-electron chi connectivity index (χ0n) is 9.66. The molecule has 0 spiro atoms. The minimum atomic E-state index is -0.404. The van der Waals surface area contributed by atoms with E-state index >= 15 is 0 Å². The predicted octanol–water partition coefficient (Wildman–Crippen LogP) is 2.26. The van der Waals surface area contributed by atoms with Gasteiger partial charge in [0.1, 0.15) is 0 Å². The second-order valence-electron chi connectivity index (χ2n) is 4.08. The van der Waals surface area contributed by atoms with E-state index < -0.39 is 5.91 Å². The van der Waals surface area contributed by atoms with Crippen LogP contribution in [0.5, 0.6) is 0 Å². The summed E-state index contributed by atoms with van der Waals surface area (Å²) in [6, 6.07) is 5.63. The number of primary amides is 1. The molecule has 82 valence electrons. The molecule has 1 aromatic heterocycles. The van der Waals surface area contributed by atoms with E-state index in [1.54, 1.807) is 6.07 Å². The molecule has 0 bridgehead atoms. The molecule has 0 aliphatic rings. The number of nitrogens with zero attached hydrogens (tertiary/aromatic N) is 1. The minimum absolute atomic E-state index is 0.404. The third kappa shape index (κ3) is 1.54. The van der Waals surface area contributed by atoms with Gasteiger partial charge in [0.15, 0.2) is 0 Å². The second-order valence-corrected chi connectivity index (χ2v) is 4.08. The maximum absolute atomic E-state index is 11.4. The van der Waals surface area contributed by atoms with Crippen LogP contribution in [0.4, 0.5) is 0 Å². The highest BCUT2D eigenvalue weighted by Gasteiger charge is 2.11. The van der Waals surface area contributed by atoms with Gasteiger partial charge >= 0.3 is 0 Å². The van der Waals surface area contributed by atoms with Gasteiger partial charge < -0.3 is 5.73 Å². The Morgan fingerprint density at radius 2 is 1.94 bits per heavy atom. The number of carbonyl (C=O) groups is 1. The Hall–Kier alpha value is -1.90. The number of hydrogen-bond acceptors (Lipinski definition) is 2. The lowest BCUT2D eigenvalue weighted by molar-refractivity contribution is 0.100. The number of aryl methyl sites for hydroxylation is 3. The van der Waals surface area contributed by atoms with Crippen LogP contribution in [0.25, 0.3) is 10.9 Å². The lowest BCUT2D eigenvalue weighted by Gasteiger charge is -2.09. The van der Waals surface area contributed by atoms with Gasteiger partial charge in [0.2, 0.25) is 5.91 Å². The first-order valence-corrected chi connectivity index (χ1v) is 5.18. The van der Waals surface area contributed by atoms with E-state index in [1.165, 1.54) is 5.56 Å². The lowest BCUT2D eigenvalue weighted by atomic mass is 10.0. The molecule has 0 radical (unpaired) electrons. The lowest BCUT2D eigenvalue weighted by Crippen LogP contribution is -2.12. The highest BCUT2D eigenvalue weighted by molar-refractivity contribution is 6.06. The van der Waals surface area contributed by atoms with Crippen LogP contribution in [0.15, 0.2) is 18.2 Å². The zero-order chi connectivity index (χ0) is 11.9. The number of benzene rings is 1. The van der Waals surface area contributed by atoms with Crippen LogP contribution in [0.1, 0.15) is 27.2 Å². The summed E-state index contributed by atoms with van der Waals surface area (Å²) in [5.41, 5.74) is 9.87. The Morgan fingerprint density at radius 1 is 1.25 bits per heavy atom. The topological polar surface area (TPSA) is 56.0 Å². The number of amides is 1. The van der Waals surface area contributed by atoms with Crippen molar-refractivity contribution in [2.24, 2.45) is 5.73 Å². The summed E-state index contributed by atoms with van der Waals surface area (Å²) < 4.78 is 0. The summed E-state index contributed by atoms with van der Waals surface area (Å²) in [5, 5.41) is 0.834. The summed E-state index contributed by atoms with van der Waals surface area (Å²) in [7, 11) is 0. The van der Waals surface area contributed by atoms with E-state index in [2.05, 4.69) is 4.98 Å². The Labute approximate surface area is 94.3 Å². The van der Waals surface area contributed by atoms with E-state index in [4.69, 9.17) is 5.73 Å². The molecule has 0 unspecified atom stereocenters. The van der Waals surface area contributed by atoms with Gasteiger partial charge in [0.25, 0.3) is 0 Å². The first-order chi connectivity index (χ1) is 7.50. The summed E-state index contributed by atoms with van der Waals surface area (Å²) in [6.45, 7) is 5.91. The minimum Gasteiger partial charge on any atom is -0.366 e. The molecule has 0 saturated carbocycles. The molecule has 0 atom stereocenters. The third-order valence-corrected chi connectivity index (χ3v) is 2.90. The van der Waals surface area contributed by atoms with Crippen molar-refractivity contribution in [3.05, 3.63) is 40.6 Å². The fourth-order valence-electron chi connectivity index (χ4n) is 1.86. The molecule has 1 heterocycles. The van der Waals surface area contributed by atoms with E-state index in [9.17, 15) is 4.79 Å². The van der Waals surface area contributed by atoms with Gasteiger partial charge in [-0.2, -0.15) is 0 Å². The molecule has 2 N–H and O–H groups in total. The van der Waals surface area contributed by atoms with Gasteiger partial charge in [-0.15, -0.1) is 0 Å². The second kappa shape index (κ2) is 3.59. The smallest absolute Gasteiger partial charge is 0.249 e. The molecule has 2 rings (SSSR count). The van der Waals surface area contributed by atoms with Crippen LogP contribution < -0.4 is 5.73 Å². The SMILES string of the molecule is Cc1cc(C(N)=O)c2ccc(C)c(C)c2n1. The molecule has 0 aliphatic heterocycles. The molecule has 1 amide bonds. The van der Waals surface area contributed by atoms with E-state index in [-0.39, 0.29) is 0 Å². The van der Waals surface area contributed by atoms with Gasteiger partial charge in [-0.1, -0.05) is 12.1 Å². The van der Waals surface area contributed by atoms with Crippen molar-refractivity contribution < 1.29 is 4.79 Å². The predicted molar refractivity (Wildman–Crippen MR) is 64.5 cm³/mol. The average molecular weight is 214 g/mol. The van der Waals surface area contributed by atoms with E-state index in [0.29, 0.717) is 5.56 Å². The van der Waals surface area contributed by atoms with Crippen LogP contribution in [0, 0.1) is 20.8 Å². The zero-order valence-corrected chi connectivity index (χ0v) is 9.66. The number of aromatic nitrogens is 1. The van der Waals surface area contributed by atoms with Gasteiger partial charge in [-0.25, -0.2) is 0 Å². The Morgan fingerprint density at radius 3 is 2.56 bits per heavy atom. The van der Waals surface area contributed by atoms with Crippen molar-refractivity contribution in [3.8, 4) is 0 Å². The number of carbonyl (C=O) groups excluding carboxylic acids is 1. The molecule has 3 heteroatoms. The summed E-state index contributed by atoms with van der Waals surface area (Å²) in [5.74, 6) is -0.404. The average Bonchev–Trinajstić information content (AvgIpc) is 2.23. The summed E-state index contributed by atoms with van der Waals surface area (Å²) in [4.78, 5) is 15.8. The number of rotatable bonds is 1. The molecule has 3 nitrogen and oxygen atoms in total. The summed E-state index contributed by atoms with van der Waals surface area (Å²) in [6.07, 6.45) is 0. The fourth-order valence-corrected chi connectivity index (χ4v) is 1.86. The Kier molecular flexibility index (Phi) is 2.38. The van der Waals surface area contributed by atoms with Crippen LogP contribution in [0.3, 0.4) is 0 Å². The Balaban J connectivity index is 2.94. The molecule has 2 aromatic rings. The van der Waals surface area contributed by atoms with Crippen LogP contribution in [-0.4, -0.2) is 10.9 Å². The molecule has 1 aromatic carbocycles. The van der Waals surface area contributed by atoms with Gasteiger partial charge in [0.05, 0.1) is 11.1 Å². The molecule has 0 aliphatic carbocycles. The first kappa shape index (κ1) is 10.6. The van der Waals surface area contributed by atoms with E-state index in [1.807, 2.05) is 32.9 Å². The number of hydrogen-bond donors (Lipinski definition) is 1. The van der Waals surface area contributed by atoms with Crippen LogP contribution >= 0.6 is 0 Å². The highest BCUT2D eigenvalue weighted by atomic mass is 16.1. The molecule has 0 saturated heterocycles. The van der Waals surface area contributed by atoms with Crippen molar-refractivity contribution in [2.75, 3.05) is 0 Å². The quantitative estimate of drug-likeness (QED) is 0.791. The monoisotopic (exact) mass is 214 g/mol.